The lowest BCUT2D eigenvalue weighted by molar-refractivity contribution is -0.117. The van der Waals surface area contributed by atoms with E-state index in [1.807, 2.05) is 0 Å². The van der Waals surface area contributed by atoms with Crippen LogP contribution in [0, 0.1) is 11.7 Å². The summed E-state index contributed by atoms with van der Waals surface area (Å²) in [7, 11) is 0. The molecule has 7 heteroatoms. The lowest BCUT2D eigenvalue weighted by Gasteiger charge is -2.36. The van der Waals surface area contributed by atoms with Crippen molar-refractivity contribution in [1.29, 1.82) is 0 Å². The minimum atomic E-state index is -0.292. The fourth-order valence-electron chi connectivity index (χ4n) is 5.43. The molecule has 1 atom stereocenters. The summed E-state index contributed by atoms with van der Waals surface area (Å²) < 4.78 is 13.3. The third-order valence-corrected chi connectivity index (χ3v) is 8.20. The molecule has 1 aromatic heterocycles. The monoisotopic (exact) mass is 484 g/mol. The first kappa shape index (κ1) is 24.9. The Hall–Kier alpha value is -2.25. The molecule has 1 fully saturated rings. The Bertz CT molecular complexity index is 983. The van der Waals surface area contributed by atoms with Crippen LogP contribution in [0.3, 0.4) is 0 Å². The van der Waals surface area contributed by atoms with Gasteiger partial charge in [0.1, 0.15) is 5.82 Å². The van der Waals surface area contributed by atoms with Gasteiger partial charge >= 0.3 is 0 Å². The van der Waals surface area contributed by atoms with Crippen molar-refractivity contribution in [2.75, 3.05) is 18.8 Å². The average Bonchev–Trinajstić information content (AvgIpc) is 3.20. The summed E-state index contributed by atoms with van der Waals surface area (Å²) in [6.45, 7) is 4.57. The maximum absolute atomic E-state index is 13.3. The summed E-state index contributed by atoms with van der Waals surface area (Å²) >= 11 is 1.67. The van der Waals surface area contributed by atoms with Crippen molar-refractivity contribution in [3.63, 3.8) is 0 Å². The minimum absolute atomic E-state index is 0.0952. The number of nitrogens with two attached hydrogens (primary N) is 1. The first-order chi connectivity index (χ1) is 16.5. The third kappa shape index (κ3) is 6.89. The molecule has 1 aromatic carbocycles. The number of benzene rings is 1. The lowest BCUT2D eigenvalue weighted by atomic mass is 9.83. The second-order valence-corrected chi connectivity index (χ2v) is 10.9. The van der Waals surface area contributed by atoms with E-state index in [-0.39, 0.29) is 17.8 Å². The van der Waals surface area contributed by atoms with Gasteiger partial charge in [0.05, 0.1) is 5.69 Å². The van der Waals surface area contributed by atoms with Gasteiger partial charge in [0, 0.05) is 23.0 Å². The van der Waals surface area contributed by atoms with Gasteiger partial charge in [0.2, 0.25) is 5.91 Å². The molecule has 184 valence electrons. The molecule has 4 rings (SSSR count). The number of halogens is 1. The molecule has 1 heterocycles. The zero-order valence-electron chi connectivity index (χ0n) is 20.1. The molecule has 0 aliphatic heterocycles. The Morgan fingerprint density at radius 2 is 2.09 bits per heavy atom. The first-order valence-corrected chi connectivity index (χ1v) is 13.5. The molecule has 0 radical (unpaired) electrons. The Balaban J connectivity index is 1.20. The van der Waals surface area contributed by atoms with Crippen molar-refractivity contribution in [1.82, 2.24) is 15.2 Å². The zero-order chi connectivity index (χ0) is 23.9. The van der Waals surface area contributed by atoms with Gasteiger partial charge in [-0.3, -0.25) is 4.79 Å². The molecule has 34 heavy (non-hydrogen) atoms. The molecule has 2 aliphatic rings. The highest BCUT2D eigenvalue weighted by Gasteiger charge is 2.28. The van der Waals surface area contributed by atoms with Crippen LogP contribution >= 0.6 is 11.3 Å². The number of rotatable bonds is 9. The van der Waals surface area contributed by atoms with Gasteiger partial charge in [-0.15, -0.1) is 11.3 Å². The second-order valence-electron chi connectivity index (χ2n) is 9.76. The van der Waals surface area contributed by atoms with Gasteiger partial charge < -0.3 is 16.0 Å². The van der Waals surface area contributed by atoms with E-state index in [1.165, 1.54) is 60.9 Å². The predicted octanol–water partition coefficient (Wildman–Crippen LogP) is 5.21. The van der Waals surface area contributed by atoms with E-state index >= 15 is 0 Å². The van der Waals surface area contributed by atoms with Crippen LogP contribution < -0.4 is 11.1 Å². The number of nitrogens with zero attached hydrogens (tertiary/aromatic N) is 2. The smallest absolute Gasteiger partial charge is 0.244 e. The van der Waals surface area contributed by atoms with Crippen molar-refractivity contribution >= 4 is 28.5 Å². The Labute approximate surface area is 206 Å². The number of carbonyl (C=O) groups is 1. The van der Waals surface area contributed by atoms with E-state index in [0.717, 1.165) is 44.7 Å². The van der Waals surface area contributed by atoms with Crippen molar-refractivity contribution in [3.05, 3.63) is 52.3 Å². The fraction of sp³-hybridized carbons (Fsp3) is 0.556. The first-order valence-electron chi connectivity index (χ1n) is 12.7. The quantitative estimate of drug-likeness (QED) is 0.479. The number of hydrogen-bond donors (Lipinski definition) is 2. The molecule has 0 saturated heterocycles. The number of fused-ring (bicyclic) bond motifs is 1. The van der Waals surface area contributed by atoms with Crippen molar-refractivity contribution in [3.8, 4) is 0 Å². The number of amides is 1. The summed E-state index contributed by atoms with van der Waals surface area (Å²) in [6.07, 6.45) is 13.3. The van der Waals surface area contributed by atoms with Crippen molar-refractivity contribution in [2.24, 2.45) is 5.92 Å². The van der Waals surface area contributed by atoms with E-state index in [1.54, 1.807) is 29.5 Å². The molecule has 0 bridgehead atoms. The van der Waals surface area contributed by atoms with Crippen LogP contribution in [0.2, 0.25) is 0 Å². The van der Waals surface area contributed by atoms with Gasteiger partial charge in [-0.25, -0.2) is 9.37 Å². The highest BCUT2D eigenvalue weighted by molar-refractivity contribution is 7.15. The van der Waals surface area contributed by atoms with Crippen LogP contribution in [-0.4, -0.2) is 41.0 Å². The molecule has 5 nitrogen and oxygen atoms in total. The molecular formula is C27H37FN4OS. The normalized spacial score (nSPS) is 22.7. The number of carbonyl (C=O) groups excluding carboxylic acids is 1. The van der Waals surface area contributed by atoms with E-state index in [0.29, 0.717) is 16.7 Å². The van der Waals surface area contributed by atoms with Crippen molar-refractivity contribution < 1.29 is 9.18 Å². The van der Waals surface area contributed by atoms with Crippen LogP contribution in [0.1, 0.15) is 68.0 Å². The van der Waals surface area contributed by atoms with E-state index in [2.05, 4.69) is 22.1 Å². The van der Waals surface area contributed by atoms with E-state index in [4.69, 9.17) is 5.73 Å². The van der Waals surface area contributed by atoms with Gasteiger partial charge in [-0.1, -0.05) is 19.1 Å². The summed E-state index contributed by atoms with van der Waals surface area (Å²) in [5, 5.41) is 3.84. The number of aryl methyl sites for hydroxylation is 1. The number of nitrogen functional groups attached to an aromatic ring is 1. The van der Waals surface area contributed by atoms with Gasteiger partial charge in [-0.2, -0.15) is 0 Å². The van der Waals surface area contributed by atoms with Crippen LogP contribution in [0.15, 0.2) is 30.3 Å². The molecular weight excluding hydrogens is 447 g/mol. The van der Waals surface area contributed by atoms with Crippen LogP contribution in [0.4, 0.5) is 9.52 Å². The average molecular weight is 485 g/mol. The largest absolute Gasteiger partial charge is 0.375 e. The highest BCUT2D eigenvalue weighted by Crippen LogP contribution is 2.32. The summed E-state index contributed by atoms with van der Waals surface area (Å²) in [6, 6.07) is 7.11. The van der Waals surface area contributed by atoms with Crippen molar-refractivity contribution in [2.45, 2.75) is 76.8 Å². The third-order valence-electron chi connectivity index (χ3n) is 7.25. The molecule has 2 aliphatic carbocycles. The lowest BCUT2D eigenvalue weighted by Crippen LogP contribution is -2.41. The standard InChI is InChI=1S/C27H37FN4OS/c1-2-15-32(23-11-12-24-25(18-23)34-27(29)31-24)16-14-19-6-9-22(10-7-19)30-26(33)13-8-20-4-3-5-21(28)17-20/h3-5,8,13,17,19,22-23H,2,6-7,9-12,14-16,18H2,1H3,(H2,29,31)(H,30,33)/b13-8+/t19?,22?,23-/m0/s1. The Kier molecular flexibility index (Phi) is 8.73. The highest BCUT2D eigenvalue weighted by atomic mass is 32.1. The molecule has 3 N–H and O–H groups in total. The summed E-state index contributed by atoms with van der Waals surface area (Å²) in [5.41, 5.74) is 7.86. The number of nitrogens with one attached hydrogen (secondary N) is 1. The van der Waals surface area contributed by atoms with Gasteiger partial charge in [0.15, 0.2) is 5.13 Å². The topological polar surface area (TPSA) is 71.2 Å². The van der Waals surface area contributed by atoms with Crippen LogP contribution in [-0.2, 0) is 17.6 Å². The maximum atomic E-state index is 13.3. The fourth-order valence-corrected chi connectivity index (χ4v) is 6.38. The molecule has 0 spiro atoms. The number of anilines is 1. The summed E-state index contributed by atoms with van der Waals surface area (Å²) in [4.78, 5) is 20.9. The van der Waals surface area contributed by atoms with Gasteiger partial charge in [0.25, 0.3) is 0 Å². The van der Waals surface area contributed by atoms with Crippen LogP contribution in [0.25, 0.3) is 6.08 Å². The molecule has 0 unspecified atom stereocenters. The van der Waals surface area contributed by atoms with E-state index in [9.17, 15) is 9.18 Å². The molecule has 1 amide bonds. The zero-order valence-corrected chi connectivity index (χ0v) is 21.0. The molecule has 1 saturated carbocycles. The SMILES string of the molecule is CCCN(CCC1CCC(NC(=O)/C=C/c2cccc(F)c2)CC1)[C@H]1CCc2nc(N)sc2C1. The maximum Gasteiger partial charge on any atom is 0.244 e. The number of aromatic nitrogens is 1. The molecule has 2 aromatic rings. The van der Waals surface area contributed by atoms with Gasteiger partial charge in [-0.05, 0) is 101 Å². The number of hydrogen-bond acceptors (Lipinski definition) is 5. The Morgan fingerprint density at radius 3 is 2.85 bits per heavy atom. The predicted molar refractivity (Wildman–Crippen MR) is 138 cm³/mol. The van der Waals surface area contributed by atoms with Crippen LogP contribution in [0.5, 0.6) is 0 Å². The Morgan fingerprint density at radius 1 is 1.26 bits per heavy atom. The summed E-state index contributed by atoms with van der Waals surface area (Å²) in [5.74, 6) is 0.343. The van der Waals surface area contributed by atoms with E-state index < -0.39 is 0 Å². The number of thiazole rings is 1. The second kappa shape index (κ2) is 11.9. The minimum Gasteiger partial charge on any atom is -0.375 e.